The van der Waals surface area contributed by atoms with E-state index in [1.165, 1.54) is 0 Å². The summed E-state index contributed by atoms with van der Waals surface area (Å²) in [4.78, 5) is 16.2. The number of pyridine rings is 1. The summed E-state index contributed by atoms with van der Waals surface area (Å²) < 4.78 is 1.79. The van der Waals surface area contributed by atoms with Gasteiger partial charge in [0.05, 0.1) is 5.69 Å². The molecule has 0 fully saturated rings. The topological polar surface area (TPSA) is 97.6 Å². The Bertz CT molecular complexity index is 1170. The maximum Gasteiger partial charge on any atom is 0.274 e. The van der Waals surface area contributed by atoms with Gasteiger partial charge in [-0.15, -0.1) is 10.2 Å². The van der Waals surface area contributed by atoms with Crippen molar-refractivity contribution in [3.05, 3.63) is 83.4 Å². The highest BCUT2D eigenvalue weighted by atomic mass is 16.1. The second-order valence-corrected chi connectivity index (χ2v) is 6.86. The minimum atomic E-state index is -0.253. The van der Waals surface area contributed by atoms with E-state index in [0.717, 1.165) is 22.6 Å². The summed E-state index contributed by atoms with van der Waals surface area (Å²) in [7, 11) is 0. The largest absolute Gasteiger partial charge is 0.339 e. The lowest BCUT2D eigenvalue weighted by atomic mass is 10.2. The first-order valence-corrected chi connectivity index (χ1v) is 9.47. The second-order valence-electron chi connectivity index (χ2n) is 6.86. The van der Waals surface area contributed by atoms with Gasteiger partial charge in [0.2, 0.25) is 0 Å². The molecule has 1 aromatic carbocycles. The van der Waals surface area contributed by atoms with E-state index in [2.05, 4.69) is 30.9 Å². The van der Waals surface area contributed by atoms with Gasteiger partial charge in [0.25, 0.3) is 5.91 Å². The summed E-state index contributed by atoms with van der Waals surface area (Å²) in [5.41, 5.74) is 5.05. The van der Waals surface area contributed by atoms with E-state index in [1.807, 2.05) is 57.2 Å². The fraction of sp³-hybridized carbons (Fsp3) is 0.136. The van der Waals surface area contributed by atoms with Crippen molar-refractivity contribution in [2.75, 3.05) is 10.6 Å². The highest BCUT2D eigenvalue weighted by Gasteiger charge is 2.11. The van der Waals surface area contributed by atoms with Crippen LogP contribution in [0.15, 0.2) is 60.8 Å². The number of carbonyl (C=O) groups excluding carboxylic acids is 1. The molecule has 0 aliphatic carbocycles. The number of nitrogens with one attached hydrogen (secondary N) is 2. The van der Waals surface area contributed by atoms with Crippen LogP contribution in [0.25, 0.3) is 5.82 Å². The van der Waals surface area contributed by atoms with Crippen LogP contribution in [0.3, 0.4) is 0 Å². The molecule has 2 N–H and O–H groups in total. The van der Waals surface area contributed by atoms with Crippen molar-refractivity contribution in [2.45, 2.75) is 20.8 Å². The molecule has 0 saturated carbocycles. The number of aromatic nitrogens is 5. The Hall–Kier alpha value is -4.07. The number of hydrogen-bond donors (Lipinski definition) is 2. The summed E-state index contributed by atoms with van der Waals surface area (Å²) in [5, 5.41) is 19.0. The number of hydrogen-bond acceptors (Lipinski definition) is 6. The van der Waals surface area contributed by atoms with Crippen molar-refractivity contribution in [2.24, 2.45) is 0 Å². The molecule has 3 heterocycles. The Kier molecular flexibility index (Phi) is 5.21. The fourth-order valence-corrected chi connectivity index (χ4v) is 2.93. The Labute approximate surface area is 174 Å². The first kappa shape index (κ1) is 19.3. The van der Waals surface area contributed by atoms with Crippen LogP contribution in [0.4, 0.5) is 17.2 Å². The Morgan fingerprint density at radius 3 is 2.27 bits per heavy atom. The van der Waals surface area contributed by atoms with Crippen molar-refractivity contribution in [3.63, 3.8) is 0 Å². The molecule has 30 heavy (non-hydrogen) atoms. The summed E-state index contributed by atoms with van der Waals surface area (Å²) in [5.74, 6) is 1.03. The normalized spacial score (nSPS) is 10.6. The van der Waals surface area contributed by atoms with Gasteiger partial charge < -0.3 is 10.6 Å². The Morgan fingerprint density at radius 2 is 1.67 bits per heavy atom. The van der Waals surface area contributed by atoms with E-state index >= 15 is 0 Å². The van der Waals surface area contributed by atoms with E-state index in [4.69, 9.17) is 0 Å². The third-order valence-corrected chi connectivity index (χ3v) is 4.83. The van der Waals surface area contributed by atoms with E-state index in [-0.39, 0.29) is 5.91 Å². The molecule has 8 nitrogen and oxygen atoms in total. The lowest BCUT2D eigenvalue weighted by Crippen LogP contribution is -2.13. The van der Waals surface area contributed by atoms with Crippen LogP contribution in [0.5, 0.6) is 0 Å². The molecule has 8 heteroatoms. The second kappa shape index (κ2) is 8.12. The average molecular weight is 399 g/mol. The van der Waals surface area contributed by atoms with Gasteiger partial charge in [0.1, 0.15) is 5.69 Å². The minimum Gasteiger partial charge on any atom is -0.339 e. The van der Waals surface area contributed by atoms with E-state index in [1.54, 1.807) is 29.1 Å². The van der Waals surface area contributed by atoms with E-state index in [0.29, 0.717) is 23.0 Å². The van der Waals surface area contributed by atoms with Crippen LogP contribution < -0.4 is 10.6 Å². The molecule has 0 unspecified atom stereocenters. The predicted molar refractivity (Wildman–Crippen MR) is 115 cm³/mol. The Morgan fingerprint density at radius 1 is 0.900 bits per heavy atom. The number of rotatable bonds is 5. The first-order valence-electron chi connectivity index (χ1n) is 9.47. The molecule has 1 amide bonds. The average Bonchev–Trinajstić information content (AvgIpc) is 3.03. The van der Waals surface area contributed by atoms with Gasteiger partial charge >= 0.3 is 0 Å². The zero-order valence-corrected chi connectivity index (χ0v) is 16.9. The molecule has 4 aromatic rings. The summed E-state index contributed by atoms with van der Waals surface area (Å²) in [6.07, 6.45) is 1.59. The van der Waals surface area contributed by atoms with Crippen LogP contribution in [-0.4, -0.2) is 30.9 Å². The maximum atomic E-state index is 12.2. The summed E-state index contributed by atoms with van der Waals surface area (Å²) in [6, 6.07) is 16.3. The zero-order valence-electron chi connectivity index (χ0n) is 16.9. The van der Waals surface area contributed by atoms with Crippen LogP contribution >= 0.6 is 0 Å². The third-order valence-electron chi connectivity index (χ3n) is 4.83. The zero-order chi connectivity index (χ0) is 21.1. The van der Waals surface area contributed by atoms with Gasteiger partial charge in [-0.05, 0) is 74.9 Å². The minimum absolute atomic E-state index is 0.253. The van der Waals surface area contributed by atoms with Crippen LogP contribution in [-0.2, 0) is 0 Å². The number of aryl methyl sites for hydroxylation is 1. The molecule has 0 aliphatic rings. The summed E-state index contributed by atoms with van der Waals surface area (Å²) >= 11 is 0. The van der Waals surface area contributed by atoms with E-state index in [9.17, 15) is 4.79 Å². The number of benzene rings is 1. The SMILES string of the molecule is Cc1nn(-c2ccc(Nc3ccc(NC(=O)c4ccccn4)cc3)nn2)c(C)c1C. The van der Waals surface area contributed by atoms with Crippen molar-refractivity contribution in [1.29, 1.82) is 0 Å². The first-order chi connectivity index (χ1) is 14.5. The van der Waals surface area contributed by atoms with Crippen molar-refractivity contribution in [1.82, 2.24) is 25.0 Å². The molecule has 150 valence electrons. The highest BCUT2D eigenvalue weighted by molar-refractivity contribution is 6.02. The van der Waals surface area contributed by atoms with Crippen molar-refractivity contribution in [3.8, 4) is 5.82 Å². The van der Waals surface area contributed by atoms with Crippen LogP contribution in [0, 0.1) is 20.8 Å². The van der Waals surface area contributed by atoms with Gasteiger partial charge in [-0.25, -0.2) is 4.68 Å². The number of nitrogens with zero attached hydrogens (tertiary/aromatic N) is 5. The molecule has 0 atom stereocenters. The van der Waals surface area contributed by atoms with Gasteiger partial charge in [-0.3, -0.25) is 9.78 Å². The third kappa shape index (κ3) is 4.02. The van der Waals surface area contributed by atoms with Gasteiger partial charge in [-0.2, -0.15) is 5.10 Å². The molecule has 0 aliphatic heterocycles. The van der Waals surface area contributed by atoms with Gasteiger partial charge in [-0.1, -0.05) is 6.07 Å². The molecule has 0 bridgehead atoms. The quantitative estimate of drug-likeness (QED) is 0.527. The maximum absolute atomic E-state index is 12.2. The fourth-order valence-electron chi connectivity index (χ4n) is 2.93. The predicted octanol–water partition coefficient (Wildman–Crippen LogP) is 3.98. The number of anilines is 3. The van der Waals surface area contributed by atoms with Gasteiger partial charge in [0.15, 0.2) is 11.6 Å². The molecule has 4 rings (SSSR count). The van der Waals surface area contributed by atoms with Gasteiger partial charge in [0, 0.05) is 23.3 Å². The molecular weight excluding hydrogens is 378 g/mol. The standard InChI is InChI=1S/C22H21N7O/c1-14-15(2)28-29(16(14)3)21-12-11-20(26-27-21)24-17-7-9-18(10-8-17)25-22(30)19-6-4-5-13-23-19/h4-13H,1-3H3,(H,24,26)(H,25,30). The van der Waals surface area contributed by atoms with Crippen molar-refractivity contribution >= 4 is 23.1 Å². The molecular formula is C22H21N7O. The molecule has 3 aromatic heterocycles. The number of amides is 1. The highest BCUT2D eigenvalue weighted by Crippen LogP contribution is 2.19. The van der Waals surface area contributed by atoms with Crippen molar-refractivity contribution < 1.29 is 4.79 Å². The molecule has 0 radical (unpaired) electrons. The monoisotopic (exact) mass is 399 g/mol. The van der Waals surface area contributed by atoms with Crippen LogP contribution in [0.2, 0.25) is 0 Å². The van der Waals surface area contributed by atoms with Crippen LogP contribution in [0.1, 0.15) is 27.4 Å². The number of carbonyl (C=O) groups is 1. The molecule has 0 spiro atoms. The lowest BCUT2D eigenvalue weighted by Gasteiger charge is -2.08. The molecule has 0 saturated heterocycles. The van der Waals surface area contributed by atoms with E-state index < -0.39 is 0 Å². The lowest BCUT2D eigenvalue weighted by molar-refractivity contribution is 0.102. The Balaban J connectivity index is 1.42. The summed E-state index contributed by atoms with van der Waals surface area (Å²) in [6.45, 7) is 6.03. The smallest absolute Gasteiger partial charge is 0.274 e.